The zero-order valence-corrected chi connectivity index (χ0v) is 7.51. The lowest BCUT2D eigenvalue weighted by molar-refractivity contribution is -0.129. The van der Waals surface area contributed by atoms with Crippen LogP contribution >= 0.6 is 0 Å². The van der Waals surface area contributed by atoms with Crippen LogP contribution in [-0.2, 0) is 4.79 Å². The third-order valence-corrected chi connectivity index (χ3v) is 2.87. The van der Waals surface area contributed by atoms with E-state index < -0.39 is 0 Å². The van der Waals surface area contributed by atoms with Gasteiger partial charge in [-0.3, -0.25) is 4.79 Å². The number of hydrogen-bond acceptors (Lipinski definition) is 1. The number of rotatable bonds is 3. The van der Waals surface area contributed by atoms with Crippen LogP contribution in [0.15, 0.2) is 12.7 Å². The Morgan fingerprint density at radius 1 is 1.42 bits per heavy atom. The van der Waals surface area contributed by atoms with Gasteiger partial charge in [0.05, 0.1) is 5.41 Å². The highest BCUT2D eigenvalue weighted by Gasteiger charge is 2.36. The smallest absolute Gasteiger partial charge is 0.223 e. The van der Waals surface area contributed by atoms with Gasteiger partial charge < -0.3 is 5.73 Å². The van der Waals surface area contributed by atoms with Crippen molar-refractivity contribution in [3.05, 3.63) is 12.7 Å². The van der Waals surface area contributed by atoms with Gasteiger partial charge in [-0.25, -0.2) is 0 Å². The van der Waals surface area contributed by atoms with Crippen molar-refractivity contribution in [2.45, 2.75) is 38.5 Å². The Hall–Kier alpha value is -0.790. The fourth-order valence-electron chi connectivity index (χ4n) is 2.06. The molecule has 0 radical (unpaired) electrons. The molecule has 1 amide bonds. The zero-order valence-electron chi connectivity index (χ0n) is 7.51. The number of amides is 1. The van der Waals surface area contributed by atoms with E-state index in [2.05, 4.69) is 6.58 Å². The highest BCUT2D eigenvalue weighted by atomic mass is 16.1. The van der Waals surface area contributed by atoms with Crippen molar-refractivity contribution in [3.63, 3.8) is 0 Å². The lowest BCUT2D eigenvalue weighted by atomic mass is 9.71. The quantitative estimate of drug-likeness (QED) is 0.642. The summed E-state index contributed by atoms with van der Waals surface area (Å²) in [6.45, 7) is 3.67. The molecule has 0 aliphatic heterocycles. The molecule has 1 saturated carbocycles. The van der Waals surface area contributed by atoms with E-state index in [1.54, 1.807) is 0 Å². The van der Waals surface area contributed by atoms with E-state index in [9.17, 15) is 4.79 Å². The first-order valence-electron chi connectivity index (χ1n) is 4.62. The van der Waals surface area contributed by atoms with E-state index >= 15 is 0 Å². The maximum Gasteiger partial charge on any atom is 0.223 e. The molecule has 1 rings (SSSR count). The van der Waals surface area contributed by atoms with Crippen LogP contribution in [0.2, 0.25) is 0 Å². The molecule has 0 aromatic heterocycles. The van der Waals surface area contributed by atoms with Gasteiger partial charge >= 0.3 is 0 Å². The molecule has 0 spiro atoms. The summed E-state index contributed by atoms with van der Waals surface area (Å²) in [6, 6.07) is 0. The predicted octanol–water partition coefficient (Wildman–Crippen LogP) is 2.00. The predicted molar refractivity (Wildman–Crippen MR) is 49.5 cm³/mol. The Morgan fingerprint density at radius 2 is 2.00 bits per heavy atom. The van der Waals surface area contributed by atoms with E-state index in [0.29, 0.717) is 0 Å². The van der Waals surface area contributed by atoms with Crippen LogP contribution in [0.1, 0.15) is 38.5 Å². The van der Waals surface area contributed by atoms with Crippen molar-refractivity contribution in [2.24, 2.45) is 11.1 Å². The molecular formula is C10H17NO. The molecule has 0 aromatic rings. The molecule has 0 saturated heterocycles. The molecule has 68 valence electrons. The van der Waals surface area contributed by atoms with Crippen LogP contribution in [0.5, 0.6) is 0 Å². The normalized spacial score (nSPS) is 21.7. The molecule has 0 aromatic carbocycles. The summed E-state index contributed by atoms with van der Waals surface area (Å²) in [5.41, 5.74) is 5.15. The van der Waals surface area contributed by atoms with E-state index in [-0.39, 0.29) is 11.3 Å². The molecule has 0 heterocycles. The molecule has 2 heteroatoms. The number of allylic oxidation sites excluding steroid dienone is 1. The van der Waals surface area contributed by atoms with Crippen LogP contribution in [0.4, 0.5) is 0 Å². The van der Waals surface area contributed by atoms with Crippen molar-refractivity contribution in [3.8, 4) is 0 Å². The molecule has 0 bridgehead atoms. The Balaban J connectivity index is 2.69. The fourth-order valence-corrected chi connectivity index (χ4v) is 2.06. The zero-order chi connectivity index (χ0) is 9.03. The minimum atomic E-state index is -0.250. The minimum absolute atomic E-state index is 0.137. The summed E-state index contributed by atoms with van der Waals surface area (Å²) in [7, 11) is 0. The SMILES string of the molecule is C=CCC1(C(N)=O)CCCCC1. The van der Waals surface area contributed by atoms with Gasteiger partial charge in [0.15, 0.2) is 0 Å². The number of primary amides is 1. The van der Waals surface area contributed by atoms with Gasteiger partial charge in [0.2, 0.25) is 5.91 Å². The number of carbonyl (C=O) groups is 1. The Kier molecular flexibility index (Phi) is 2.90. The summed E-state index contributed by atoms with van der Waals surface area (Å²) in [5.74, 6) is -0.137. The summed E-state index contributed by atoms with van der Waals surface area (Å²) in [5, 5.41) is 0. The topological polar surface area (TPSA) is 43.1 Å². The summed E-state index contributed by atoms with van der Waals surface area (Å²) in [6.07, 6.45) is 7.99. The molecular weight excluding hydrogens is 150 g/mol. The molecule has 0 unspecified atom stereocenters. The third kappa shape index (κ3) is 1.68. The molecule has 1 fully saturated rings. The first kappa shape index (κ1) is 9.30. The van der Waals surface area contributed by atoms with Crippen molar-refractivity contribution >= 4 is 5.91 Å². The van der Waals surface area contributed by atoms with Crippen LogP contribution in [0, 0.1) is 5.41 Å². The van der Waals surface area contributed by atoms with Crippen molar-refractivity contribution in [1.29, 1.82) is 0 Å². The second-order valence-electron chi connectivity index (χ2n) is 3.70. The second kappa shape index (κ2) is 3.74. The van der Waals surface area contributed by atoms with Crippen LogP contribution in [-0.4, -0.2) is 5.91 Å². The highest BCUT2D eigenvalue weighted by Crippen LogP contribution is 2.39. The average Bonchev–Trinajstić information content (AvgIpc) is 2.06. The Morgan fingerprint density at radius 3 is 2.42 bits per heavy atom. The van der Waals surface area contributed by atoms with E-state index in [1.807, 2.05) is 6.08 Å². The number of carbonyl (C=O) groups excluding carboxylic acids is 1. The second-order valence-corrected chi connectivity index (χ2v) is 3.70. The lowest BCUT2D eigenvalue weighted by Gasteiger charge is -2.33. The molecule has 1 aliphatic rings. The van der Waals surface area contributed by atoms with Gasteiger partial charge in [-0.05, 0) is 19.3 Å². The van der Waals surface area contributed by atoms with Gasteiger partial charge in [0.25, 0.3) is 0 Å². The molecule has 2 N–H and O–H groups in total. The monoisotopic (exact) mass is 167 g/mol. The first-order valence-corrected chi connectivity index (χ1v) is 4.62. The first-order chi connectivity index (χ1) is 5.71. The number of hydrogen-bond donors (Lipinski definition) is 1. The average molecular weight is 167 g/mol. The Bertz CT molecular complexity index is 180. The van der Waals surface area contributed by atoms with Crippen LogP contribution < -0.4 is 5.73 Å². The van der Waals surface area contributed by atoms with Gasteiger partial charge in [0, 0.05) is 0 Å². The summed E-state index contributed by atoms with van der Waals surface area (Å²) < 4.78 is 0. The molecule has 12 heavy (non-hydrogen) atoms. The number of nitrogens with two attached hydrogens (primary N) is 1. The van der Waals surface area contributed by atoms with E-state index in [1.165, 1.54) is 6.42 Å². The maximum absolute atomic E-state index is 11.2. The highest BCUT2D eigenvalue weighted by molar-refractivity contribution is 5.81. The van der Waals surface area contributed by atoms with Gasteiger partial charge in [-0.2, -0.15) is 0 Å². The third-order valence-electron chi connectivity index (χ3n) is 2.87. The maximum atomic E-state index is 11.2. The molecule has 1 aliphatic carbocycles. The van der Waals surface area contributed by atoms with Gasteiger partial charge in [-0.1, -0.05) is 25.3 Å². The van der Waals surface area contributed by atoms with Crippen LogP contribution in [0.3, 0.4) is 0 Å². The summed E-state index contributed by atoms with van der Waals surface area (Å²) >= 11 is 0. The summed E-state index contributed by atoms with van der Waals surface area (Å²) in [4.78, 5) is 11.2. The van der Waals surface area contributed by atoms with E-state index in [0.717, 1.165) is 32.1 Å². The lowest BCUT2D eigenvalue weighted by Crippen LogP contribution is -2.38. The fraction of sp³-hybridized carbons (Fsp3) is 0.700. The van der Waals surface area contributed by atoms with Crippen molar-refractivity contribution in [1.82, 2.24) is 0 Å². The van der Waals surface area contributed by atoms with Crippen molar-refractivity contribution in [2.75, 3.05) is 0 Å². The van der Waals surface area contributed by atoms with Gasteiger partial charge in [0.1, 0.15) is 0 Å². The molecule has 0 atom stereocenters. The van der Waals surface area contributed by atoms with Crippen LogP contribution in [0.25, 0.3) is 0 Å². The minimum Gasteiger partial charge on any atom is -0.369 e. The van der Waals surface area contributed by atoms with Gasteiger partial charge in [-0.15, -0.1) is 6.58 Å². The van der Waals surface area contributed by atoms with E-state index in [4.69, 9.17) is 5.73 Å². The standard InChI is InChI=1S/C10H17NO/c1-2-6-10(9(11)12)7-4-3-5-8-10/h2H,1,3-8H2,(H2,11,12). The molecule has 2 nitrogen and oxygen atoms in total. The largest absolute Gasteiger partial charge is 0.369 e. The van der Waals surface area contributed by atoms with Crippen molar-refractivity contribution < 1.29 is 4.79 Å². The Labute approximate surface area is 73.8 Å².